The molecule has 0 bridgehead atoms. The molecule has 0 radical (unpaired) electrons. The monoisotopic (exact) mass is 1230 g/mol. The number of carbonyl (C=O) groups is 2. The second-order valence-electron chi connectivity index (χ2n) is 26.1. The topological polar surface area (TPSA) is 72.8 Å². The third-order valence-corrected chi connectivity index (χ3v) is 17.4. The van der Waals surface area contributed by atoms with Crippen LogP contribution in [0.15, 0.2) is 97.2 Å². The first-order valence-corrected chi connectivity index (χ1v) is 38.8. The number of aliphatic hydroxyl groups is 1. The maximum absolute atomic E-state index is 12.4. The second-order valence-corrected chi connectivity index (χ2v) is 26.1. The fourth-order valence-electron chi connectivity index (χ4n) is 11.6. The van der Waals surface area contributed by atoms with Crippen LogP contribution in [0, 0.1) is 0 Å². The summed E-state index contributed by atoms with van der Waals surface area (Å²) in [6.07, 6.45) is 112. The minimum Gasteiger partial charge on any atom is -0.462 e. The zero-order valence-corrected chi connectivity index (χ0v) is 58.7. The third kappa shape index (κ3) is 75.3. The van der Waals surface area contributed by atoms with Crippen LogP contribution in [0.3, 0.4) is 0 Å². The van der Waals surface area contributed by atoms with Crippen LogP contribution in [0.25, 0.3) is 0 Å². The van der Waals surface area contributed by atoms with Gasteiger partial charge in [0, 0.05) is 12.8 Å². The van der Waals surface area contributed by atoms with E-state index in [2.05, 4.69) is 111 Å². The van der Waals surface area contributed by atoms with Crippen molar-refractivity contribution in [3.63, 3.8) is 0 Å². The van der Waals surface area contributed by atoms with Crippen molar-refractivity contribution in [1.82, 2.24) is 0 Å². The summed E-state index contributed by atoms with van der Waals surface area (Å²) in [5.41, 5.74) is 0. The van der Waals surface area contributed by atoms with Gasteiger partial charge in [0.25, 0.3) is 0 Å². The predicted octanol–water partition coefficient (Wildman–Crippen LogP) is 27.3. The Morgan fingerprint density at radius 1 is 0.273 bits per heavy atom. The standard InChI is InChI=1S/C83H148O5/c1-3-5-7-9-11-13-15-17-19-21-23-25-27-29-31-33-35-37-38-39-40-41-42-43-44-46-48-50-52-54-56-58-60-62-64-66-68-70-72-74-76-78-83(86)88-81(79-84)80-87-82(85)77-75-73-71-69-67-65-63-61-59-57-55-53-51-49-47-45-36-34-32-30-28-26-24-22-20-18-16-14-12-10-8-6-4-2/h5,7,11,13,17,19,23,25,29,31,35,37,39-40,42-43,81,84H,3-4,6,8-10,12,14-16,18,20-22,24,26-28,30,32-34,36,38,41,44-80H2,1-2H3/b7-5-,13-11-,19-17-,25-23-,31-29-,37-35-,40-39-,43-42-. The molecular weight excluding hydrogens is 1080 g/mol. The van der Waals surface area contributed by atoms with Crippen molar-refractivity contribution < 1.29 is 24.2 Å². The Balaban J connectivity index is 3.43. The van der Waals surface area contributed by atoms with Gasteiger partial charge in [0.1, 0.15) is 6.61 Å². The van der Waals surface area contributed by atoms with Gasteiger partial charge in [-0.25, -0.2) is 0 Å². The third-order valence-electron chi connectivity index (χ3n) is 17.4. The van der Waals surface area contributed by atoms with Gasteiger partial charge in [0.05, 0.1) is 6.61 Å². The van der Waals surface area contributed by atoms with E-state index in [1.165, 1.54) is 283 Å². The van der Waals surface area contributed by atoms with Gasteiger partial charge in [0.15, 0.2) is 6.10 Å². The minimum atomic E-state index is -0.775. The number of rotatable bonds is 72. The molecule has 0 aromatic heterocycles. The van der Waals surface area contributed by atoms with Gasteiger partial charge in [-0.3, -0.25) is 9.59 Å². The number of hydrogen-bond acceptors (Lipinski definition) is 5. The van der Waals surface area contributed by atoms with Crippen LogP contribution in [0.5, 0.6) is 0 Å². The molecular formula is C83H148O5. The fraction of sp³-hybridized carbons (Fsp3) is 0.783. The van der Waals surface area contributed by atoms with Crippen molar-refractivity contribution in [2.45, 2.75) is 405 Å². The average molecular weight is 1230 g/mol. The zero-order chi connectivity index (χ0) is 63.3. The molecule has 0 aromatic carbocycles. The summed E-state index contributed by atoms with van der Waals surface area (Å²) in [5, 5.41) is 9.72. The molecule has 0 spiro atoms. The van der Waals surface area contributed by atoms with Crippen molar-refractivity contribution in [3.05, 3.63) is 97.2 Å². The van der Waals surface area contributed by atoms with Gasteiger partial charge in [0.2, 0.25) is 0 Å². The van der Waals surface area contributed by atoms with Crippen molar-refractivity contribution in [2.75, 3.05) is 13.2 Å². The van der Waals surface area contributed by atoms with Gasteiger partial charge in [-0.2, -0.15) is 0 Å². The molecule has 88 heavy (non-hydrogen) atoms. The van der Waals surface area contributed by atoms with Gasteiger partial charge in [-0.15, -0.1) is 0 Å². The molecule has 5 nitrogen and oxygen atoms in total. The molecule has 0 saturated carbocycles. The largest absolute Gasteiger partial charge is 0.462 e. The molecule has 0 saturated heterocycles. The molecule has 0 aliphatic carbocycles. The first-order valence-electron chi connectivity index (χ1n) is 38.8. The van der Waals surface area contributed by atoms with Crippen molar-refractivity contribution in [2.24, 2.45) is 0 Å². The van der Waals surface area contributed by atoms with E-state index < -0.39 is 6.10 Å². The number of allylic oxidation sites excluding steroid dienone is 16. The normalized spacial score (nSPS) is 12.7. The molecule has 0 rings (SSSR count). The van der Waals surface area contributed by atoms with Crippen molar-refractivity contribution in [1.29, 1.82) is 0 Å². The minimum absolute atomic E-state index is 0.0630. The number of esters is 2. The lowest BCUT2D eigenvalue weighted by Crippen LogP contribution is -2.28. The number of aliphatic hydroxyl groups excluding tert-OH is 1. The van der Waals surface area contributed by atoms with E-state index in [0.29, 0.717) is 12.8 Å². The first-order chi connectivity index (χ1) is 43.6. The van der Waals surface area contributed by atoms with Gasteiger partial charge in [-0.05, 0) is 77.0 Å². The smallest absolute Gasteiger partial charge is 0.306 e. The Hall–Kier alpha value is -3.18. The van der Waals surface area contributed by atoms with Crippen LogP contribution in [0.4, 0.5) is 0 Å². The Morgan fingerprint density at radius 2 is 0.489 bits per heavy atom. The van der Waals surface area contributed by atoms with Crippen LogP contribution in [0.1, 0.15) is 399 Å². The lowest BCUT2D eigenvalue weighted by Gasteiger charge is -2.15. The van der Waals surface area contributed by atoms with Crippen molar-refractivity contribution in [3.8, 4) is 0 Å². The lowest BCUT2D eigenvalue weighted by molar-refractivity contribution is -0.161. The second kappa shape index (κ2) is 78.1. The lowest BCUT2D eigenvalue weighted by atomic mass is 10.0. The molecule has 0 heterocycles. The molecule has 0 aliphatic heterocycles. The van der Waals surface area contributed by atoms with E-state index in [4.69, 9.17) is 9.47 Å². The summed E-state index contributed by atoms with van der Waals surface area (Å²) in [7, 11) is 0. The summed E-state index contributed by atoms with van der Waals surface area (Å²) in [5.74, 6) is -0.572. The summed E-state index contributed by atoms with van der Waals surface area (Å²) < 4.78 is 10.8. The highest BCUT2D eigenvalue weighted by atomic mass is 16.6. The maximum atomic E-state index is 12.4. The van der Waals surface area contributed by atoms with E-state index in [1.807, 2.05) is 0 Å². The highest BCUT2D eigenvalue weighted by Crippen LogP contribution is 2.19. The summed E-state index contributed by atoms with van der Waals surface area (Å²) in [4.78, 5) is 24.7. The van der Waals surface area contributed by atoms with Crippen LogP contribution < -0.4 is 0 Å². The summed E-state index contributed by atoms with van der Waals surface area (Å²) in [6.45, 7) is 4.08. The summed E-state index contributed by atoms with van der Waals surface area (Å²) >= 11 is 0. The molecule has 1 atom stereocenters. The Bertz CT molecular complexity index is 1630. The highest BCUT2D eigenvalue weighted by molar-refractivity contribution is 5.70. The molecule has 1 unspecified atom stereocenters. The van der Waals surface area contributed by atoms with Crippen LogP contribution in [0.2, 0.25) is 0 Å². The van der Waals surface area contributed by atoms with E-state index in [0.717, 1.165) is 89.9 Å². The molecule has 510 valence electrons. The van der Waals surface area contributed by atoms with Crippen LogP contribution in [-0.2, 0) is 19.1 Å². The first kappa shape index (κ1) is 84.8. The molecule has 0 amide bonds. The number of unbranched alkanes of at least 4 members (excludes halogenated alkanes) is 48. The molecule has 5 heteroatoms. The SMILES string of the molecule is CC/C=C\C/C=C\C/C=C\C/C=C\C/C=C\C/C=C\C/C=C\C/C=C\CCCCCCCCCCCCCCCCCCC(=O)OC(CO)COC(=O)CCCCCCCCCCCCCCCCCCCCCCCCCCCCCCCCCCC. The fourth-order valence-corrected chi connectivity index (χ4v) is 11.6. The van der Waals surface area contributed by atoms with Gasteiger partial charge >= 0.3 is 11.9 Å². The number of carbonyl (C=O) groups excluding carboxylic acids is 2. The van der Waals surface area contributed by atoms with E-state index in [1.54, 1.807) is 0 Å². The predicted molar refractivity (Wildman–Crippen MR) is 389 cm³/mol. The highest BCUT2D eigenvalue weighted by Gasteiger charge is 2.16. The number of hydrogen-bond donors (Lipinski definition) is 1. The van der Waals surface area contributed by atoms with Crippen LogP contribution >= 0.6 is 0 Å². The Morgan fingerprint density at radius 3 is 0.739 bits per heavy atom. The van der Waals surface area contributed by atoms with Gasteiger partial charge < -0.3 is 14.6 Å². The molecule has 0 fully saturated rings. The molecule has 1 N–H and O–H groups in total. The molecule has 0 aromatic rings. The molecule has 0 aliphatic rings. The van der Waals surface area contributed by atoms with Crippen molar-refractivity contribution >= 4 is 11.9 Å². The van der Waals surface area contributed by atoms with E-state index in [9.17, 15) is 14.7 Å². The average Bonchev–Trinajstić information content (AvgIpc) is 3.56. The van der Waals surface area contributed by atoms with Gasteiger partial charge in [-0.1, -0.05) is 406 Å². The Kier molecular flexibility index (Phi) is 75.2. The quantitative estimate of drug-likeness (QED) is 0.0373. The number of ether oxygens (including phenoxy) is 2. The van der Waals surface area contributed by atoms with E-state index in [-0.39, 0.29) is 25.2 Å². The van der Waals surface area contributed by atoms with Crippen LogP contribution in [-0.4, -0.2) is 36.4 Å². The van der Waals surface area contributed by atoms with E-state index >= 15 is 0 Å². The summed E-state index contributed by atoms with van der Waals surface area (Å²) in [6, 6.07) is 0. The Labute approximate surface area is 548 Å². The zero-order valence-electron chi connectivity index (χ0n) is 58.7. The maximum Gasteiger partial charge on any atom is 0.306 e.